The van der Waals surface area contributed by atoms with Crippen LogP contribution in [0.3, 0.4) is 0 Å². The van der Waals surface area contributed by atoms with Gasteiger partial charge in [0, 0.05) is 23.0 Å². The average molecular weight is 453 g/mol. The summed E-state index contributed by atoms with van der Waals surface area (Å²) >= 11 is 6.26. The molecule has 5 rings (SSSR count). The molecule has 1 spiro atoms. The van der Waals surface area contributed by atoms with Crippen LogP contribution in [-0.2, 0) is 24.7 Å². The molecule has 0 bridgehead atoms. The van der Waals surface area contributed by atoms with E-state index in [-0.39, 0.29) is 12.8 Å². The molecule has 3 aliphatic rings. The molecule has 4 amide bonds. The summed E-state index contributed by atoms with van der Waals surface area (Å²) in [4.78, 5) is 53.3. The minimum absolute atomic E-state index is 0.0257. The van der Waals surface area contributed by atoms with E-state index >= 15 is 0 Å². The number of primary amides is 1. The Hall–Kier alpha value is -3.23. The SMILES string of the molecule is Cc1c(Cl)ccc2c1NC(=O)[C@@]21N[C@@H](CCC(N)=O)[C@H]2C(=O)N(c3ccccc3)C(=O)[C@@H]21. The van der Waals surface area contributed by atoms with E-state index in [0.717, 1.165) is 4.90 Å². The molecule has 9 heteroatoms. The third kappa shape index (κ3) is 2.66. The van der Waals surface area contributed by atoms with Gasteiger partial charge in [0.15, 0.2) is 0 Å². The van der Waals surface area contributed by atoms with E-state index < -0.39 is 47.0 Å². The second-order valence-corrected chi connectivity index (χ2v) is 8.87. The van der Waals surface area contributed by atoms with Crippen LogP contribution in [0.2, 0.25) is 5.02 Å². The van der Waals surface area contributed by atoms with Gasteiger partial charge in [0.05, 0.1) is 23.2 Å². The molecule has 2 saturated heterocycles. The number of nitrogens with one attached hydrogen (secondary N) is 2. The number of halogens is 1. The van der Waals surface area contributed by atoms with Gasteiger partial charge in [-0.3, -0.25) is 24.5 Å². The summed E-state index contributed by atoms with van der Waals surface area (Å²) in [6.07, 6.45) is 0.257. The molecular weight excluding hydrogens is 432 g/mol. The van der Waals surface area contributed by atoms with Crippen LogP contribution in [0.5, 0.6) is 0 Å². The van der Waals surface area contributed by atoms with Crippen LogP contribution in [0, 0.1) is 18.8 Å². The van der Waals surface area contributed by atoms with E-state index in [1.807, 2.05) is 0 Å². The fourth-order valence-corrected chi connectivity index (χ4v) is 5.52. The molecule has 8 nitrogen and oxygen atoms in total. The molecule has 0 unspecified atom stereocenters. The Kier molecular flexibility index (Phi) is 4.61. The lowest BCUT2D eigenvalue weighted by atomic mass is 9.76. The molecule has 2 aromatic carbocycles. The first kappa shape index (κ1) is 20.7. The minimum atomic E-state index is -1.44. The fourth-order valence-electron chi connectivity index (χ4n) is 5.37. The van der Waals surface area contributed by atoms with Crippen LogP contribution in [-0.4, -0.2) is 29.7 Å². The zero-order chi connectivity index (χ0) is 22.8. The Morgan fingerprint density at radius 3 is 2.53 bits per heavy atom. The largest absolute Gasteiger partial charge is 0.370 e. The van der Waals surface area contributed by atoms with Crippen molar-refractivity contribution in [2.24, 2.45) is 17.6 Å². The molecule has 0 aliphatic carbocycles. The molecule has 4 atom stereocenters. The minimum Gasteiger partial charge on any atom is -0.370 e. The number of carbonyl (C=O) groups excluding carboxylic acids is 4. The number of carbonyl (C=O) groups is 4. The molecule has 0 radical (unpaired) electrons. The summed E-state index contributed by atoms with van der Waals surface area (Å²) in [7, 11) is 0. The summed E-state index contributed by atoms with van der Waals surface area (Å²) in [5.41, 5.74) is 6.17. The second kappa shape index (κ2) is 7.15. The maximum Gasteiger partial charge on any atom is 0.250 e. The highest BCUT2D eigenvalue weighted by Gasteiger charge is 2.70. The lowest BCUT2D eigenvalue weighted by molar-refractivity contribution is -0.130. The third-order valence-corrected chi connectivity index (χ3v) is 7.21. The summed E-state index contributed by atoms with van der Waals surface area (Å²) in [5, 5.41) is 6.63. The molecule has 4 N–H and O–H groups in total. The molecular formula is C23H21ClN4O4. The van der Waals surface area contributed by atoms with E-state index in [4.69, 9.17) is 17.3 Å². The predicted molar refractivity (Wildman–Crippen MR) is 118 cm³/mol. The lowest BCUT2D eigenvalue weighted by Gasteiger charge is -2.29. The van der Waals surface area contributed by atoms with Crippen molar-refractivity contribution in [3.8, 4) is 0 Å². The summed E-state index contributed by atoms with van der Waals surface area (Å²) < 4.78 is 0. The van der Waals surface area contributed by atoms with Crippen LogP contribution in [0.4, 0.5) is 11.4 Å². The second-order valence-electron chi connectivity index (χ2n) is 8.46. The van der Waals surface area contributed by atoms with Gasteiger partial charge >= 0.3 is 0 Å². The Morgan fingerprint density at radius 1 is 1.12 bits per heavy atom. The average Bonchev–Trinajstić information content (AvgIpc) is 3.35. The van der Waals surface area contributed by atoms with Crippen LogP contribution >= 0.6 is 11.6 Å². The van der Waals surface area contributed by atoms with Crippen molar-refractivity contribution in [3.63, 3.8) is 0 Å². The van der Waals surface area contributed by atoms with Gasteiger partial charge in [-0.2, -0.15) is 0 Å². The van der Waals surface area contributed by atoms with Crippen molar-refractivity contribution in [2.75, 3.05) is 10.2 Å². The van der Waals surface area contributed by atoms with Crippen LogP contribution in [0.1, 0.15) is 24.0 Å². The van der Waals surface area contributed by atoms with Crippen molar-refractivity contribution >= 4 is 46.6 Å². The number of anilines is 2. The summed E-state index contributed by atoms with van der Waals surface area (Å²) in [6, 6.07) is 11.5. The highest BCUT2D eigenvalue weighted by atomic mass is 35.5. The van der Waals surface area contributed by atoms with Gasteiger partial charge in [-0.25, -0.2) is 4.90 Å². The Bertz CT molecular complexity index is 1180. The first-order chi connectivity index (χ1) is 15.3. The highest BCUT2D eigenvalue weighted by Crippen LogP contribution is 2.55. The number of nitrogens with two attached hydrogens (primary N) is 1. The number of rotatable bonds is 4. The smallest absolute Gasteiger partial charge is 0.250 e. The first-order valence-corrected chi connectivity index (χ1v) is 10.7. The van der Waals surface area contributed by atoms with Gasteiger partial charge in [-0.05, 0) is 37.1 Å². The third-order valence-electron chi connectivity index (χ3n) is 6.80. The molecule has 2 aromatic rings. The first-order valence-electron chi connectivity index (χ1n) is 10.4. The quantitative estimate of drug-likeness (QED) is 0.611. The van der Waals surface area contributed by atoms with Gasteiger partial charge < -0.3 is 11.1 Å². The molecule has 32 heavy (non-hydrogen) atoms. The number of para-hydroxylation sites is 1. The van der Waals surface area contributed by atoms with Crippen molar-refractivity contribution < 1.29 is 19.2 Å². The topological polar surface area (TPSA) is 122 Å². The summed E-state index contributed by atoms with van der Waals surface area (Å²) in [5.74, 6) is -3.54. The van der Waals surface area contributed by atoms with Crippen molar-refractivity contribution in [2.45, 2.75) is 31.3 Å². The van der Waals surface area contributed by atoms with E-state index in [9.17, 15) is 19.2 Å². The predicted octanol–water partition coefficient (Wildman–Crippen LogP) is 1.84. The van der Waals surface area contributed by atoms with Gasteiger partial charge in [0.25, 0.3) is 0 Å². The summed E-state index contributed by atoms with van der Waals surface area (Å²) in [6.45, 7) is 1.79. The normalized spacial score (nSPS) is 28.2. The van der Waals surface area contributed by atoms with Crippen molar-refractivity contribution in [1.29, 1.82) is 0 Å². The van der Waals surface area contributed by atoms with E-state index in [1.54, 1.807) is 49.4 Å². The molecule has 164 valence electrons. The monoisotopic (exact) mass is 452 g/mol. The number of fused-ring (bicyclic) bond motifs is 4. The number of hydrogen-bond donors (Lipinski definition) is 3. The van der Waals surface area contributed by atoms with E-state index in [1.165, 1.54) is 0 Å². The zero-order valence-electron chi connectivity index (χ0n) is 17.2. The standard InChI is InChI=1S/C23H21ClN4O4/c1-11-14(24)8-7-13-19(11)26-22(32)23(13)18-17(15(27-23)9-10-16(25)29)20(30)28(21(18)31)12-5-3-2-4-6-12/h2-8,15,17-18,27H,9-10H2,1H3,(H2,25,29)(H,26,32)/t15-,17+,18+,23+/m0/s1. The number of benzene rings is 2. The van der Waals surface area contributed by atoms with Gasteiger partial charge in [0.2, 0.25) is 23.6 Å². The Balaban J connectivity index is 1.67. The number of imide groups is 1. The number of amides is 4. The van der Waals surface area contributed by atoms with Crippen molar-refractivity contribution in [1.82, 2.24) is 5.32 Å². The van der Waals surface area contributed by atoms with E-state index in [2.05, 4.69) is 10.6 Å². The van der Waals surface area contributed by atoms with Crippen LogP contribution in [0.15, 0.2) is 42.5 Å². The fraction of sp³-hybridized carbons (Fsp3) is 0.304. The molecule has 3 aliphatic heterocycles. The molecule has 2 fully saturated rings. The molecule has 0 saturated carbocycles. The van der Waals surface area contributed by atoms with Crippen LogP contribution < -0.4 is 21.3 Å². The van der Waals surface area contributed by atoms with Crippen LogP contribution in [0.25, 0.3) is 0 Å². The number of nitrogens with zero attached hydrogens (tertiary/aromatic N) is 1. The molecule has 3 heterocycles. The Labute approximate surface area is 189 Å². The zero-order valence-corrected chi connectivity index (χ0v) is 18.0. The molecule has 0 aromatic heterocycles. The van der Waals surface area contributed by atoms with E-state index in [0.29, 0.717) is 27.5 Å². The van der Waals surface area contributed by atoms with Gasteiger partial charge in [-0.1, -0.05) is 35.9 Å². The van der Waals surface area contributed by atoms with Crippen molar-refractivity contribution in [3.05, 3.63) is 58.6 Å². The number of hydrogen-bond acceptors (Lipinski definition) is 5. The lowest BCUT2D eigenvalue weighted by Crippen LogP contribution is -2.53. The van der Waals surface area contributed by atoms with Gasteiger partial charge in [0.1, 0.15) is 5.54 Å². The maximum atomic E-state index is 13.7. The van der Waals surface area contributed by atoms with Gasteiger partial charge in [-0.15, -0.1) is 0 Å². The Morgan fingerprint density at radius 2 is 1.84 bits per heavy atom. The maximum absolute atomic E-state index is 13.7. The highest BCUT2D eigenvalue weighted by molar-refractivity contribution is 6.32.